The molecule has 0 saturated carbocycles. The molecule has 0 aliphatic heterocycles. The molecule has 3 heteroatoms. The molecular formula is C20H36O3. The molecule has 0 amide bonds. The van der Waals surface area contributed by atoms with Gasteiger partial charge < -0.3 is 9.47 Å². The molecule has 0 saturated heterocycles. The Labute approximate surface area is 143 Å². The molecule has 0 aromatic rings. The zero-order valence-corrected chi connectivity index (χ0v) is 16.4. The molecule has 3 nitrogen and oxygen atoms in total. The first kappa shape index (κ1) is 21.9. The van der Waals surface area contributed by atoms with Crippen LogP contribution < -0.4 is 0 Å². The van der Waals surface area contributed by atoms with Gasteiger partial charge in [-0.15, -0.1) is 0 Å². The fourth-order valence-electron chi connectivity index (χ4n) is 2.15. The van der Waals surface area contributed by atoms with E-state index in [9.17, 15) is 4.79 Å². The van der Waals surface area contributed by atoms with Gasteiger partial charge in [0.2, 0.25) is 0 Å². The van der Waals surface area contributed by atoms with Crippen molar-refractivity contribution >= 4 is 5.97 Å². The van der Waals surface area contributed by atoms with Gasteiger partial charge in [-0.1, -0.05) is 31.9 Å². The third-order valence-corrected chi connectivity index (χ3v) is 3.70. The van der Waals surface area contributed by atoms with Crippen molar-refractivity contribution in [3.63, 3.8) is 0 Å². The fourth-order valence-corrected chi connectivity index (χ4v) is 2.15. The molecule has 0 bridgehead atoms. The maximum Gasteiger partial charge on any atom is 0.331 e. The monoisotopic (exact) mass is 324 g/mol. The third-order valence-electron chi connectivity index (χ3n) is 3.70. The minimum Gasteiger partial charge on any atom is -0.457 e. The lowest BCUT2D eigenvalue weighted by atomic mass is 9.95. The number of allylic oxidation sites excluding steroid dienone is 3. The summed E-state index contributed by atoms with van der Waals surface area (Å²) in [6.45, 7) is 14.1. The molecule has 0 aromatic carbocycles. The van der Waals surface area contributed by atoms with Crippen LogP contribution in [0.5, 0.6) is 0 Å². The lowest BCUT2D eigenvalue weighted by Crippen LogP contribution is -2.22. The highest BCUT2D eigenvalue weighted by atomic mass is 16.6. The van der Waals surface area contributed by atoms with Gasteiger partial charge in [-0.05, 0) is 65.9 Å². The Balaban J connectivity index is 4.14. The second-order valence-corrected chi connectivity index (χ2v) is 8.02. The summed E-state index contributed by atoms with van der Waals surface area (Å²) in [6, 6.07) is 0. The van der Waals surface area contributed by atoms with E-state index in [0.717, 1.165) is 18.4 Å². The van der Waals surface area contributed by atoms with Crippen LogP contribution in [0.15, 0.2) is 23.8 Å². The number of methoxy groups -OCH3 is 1. The van der Waals surface area contributed by atoms with E-state index in [1.54, 1.807) is 13.2 Å². The molecule has 0 fully saturated rings. The Kier molecular flexibility index (Phi) is 9.45. The van der Waals surface area contributed by atoms with Gasteiger partial charge in [0.1, 0.15) is 5.60 Å². The van der Waals surface area contributed by atoms with E-state index in [4.69, 9.17) is 9.47 Å². The van der Waals surface area contributed by atoms with Crippen LogP contribution in [0.25, 0.3) is 0 Å². The summed E-state index contributed by atoms with van der Waals surface area (Å²) in [5.41, 5.74) is 0.455. The number of hydrogen-bond donors (Lipinski definition) is 0. The standard InChI is InChI=1S/C20H36O3/c1-16(13-10-14-20(6,7)22-8)11-9-12-17(2)15-18(21)23-19(3,4)5/h9,12,15-16H,10-11,13-14H2,1-8H3/b12-9+,17-15+. The second kappa shape index (κ2) is 9.92. The van der Waals surface area contributed by atoms with Crippen LogP contribution in [0.1, 0.15) is 74.1 Å². The van der Waals surface area contributed by atoms with Gasteiger partial charge in [-0.25, -0.2) is 4.79 Å². The van der Waals surface area contributed by atoms with Crippen molar-refractivity contribution < 1.29 is 14.3 Å². The van der Waals surface area contributed by atoms with Gasteiger partial charge in [0.05, 0.1) is 5.60 Å². The van der Waals surface area contributed by atoms with E-state index in [2.05, 4.69) is 26.8 Å². The minimum atomic E-state index is -0.442. The number of rotatable bonds is 9. The van der Waals surface area contributed by atoms with Crippen LogP contribution in [0.4, 0.5) is 0 Å². The number of esters is 1. The van der Waals surface area contributed by atoms with Crippen molar-refractivity contribution in [2.45, 2.75) is 85.4 Å². The Bertz CT molecular complexity index is 411. The van der Waals surface area contributed by atoms with Crippen LogP contribution >= 0.6 is 0 Å². The fraction of sp³-hybridized carbons (Fsp3) is 0.750. The van der Waals surface area contributed by atoms with Crippen molar-refractivity contribution in [3.8, 4) is 0 Å². The van der Waals surface area contributed by atoms with Crippen LogP contribution in [-0.2, 0) is 14.3 Å². The van der Waals surface area contributed by atoms with E-state index in [1.165, 1.54) is 12.8 Å². The van der Waals surface area contributed by atoms with Crippen molar-refractivity contribution in [1.82, 2.24) is 0 Å². The molecule has 0 spiro atoms. The molecule has 1 unspecified atom stereocenters. The third kappa shape index (κ3) is 13.1. The van der Waals surface area contributed by atoms with Crippen molar-refractivity contribution in [2.24, 2.45) is 5.92 Å². The summed E-state index contributed by atoms with van der Waals surface area (Å²) in [7, 11) is 1.77. The van der Waals surface area contributed by atoms with Crippen LogP contribution in [0, 0.1) is 5.92 Å². The molecule has 1 atom stereocenters. The first-order valence-electron chi connectivity index (χ1n) is 8.58. The van der Waals surface area contributed by atoms with E-state index in [0.29, 0.717) is 5.92 Å². The van der Waals surface area contributed by atoms with Gasteiger partial charge >= 0.3 is 5.97 Å². The van der Waals surface area contributed by atoms with Crippen molar-refractivity contribution in [2.75, 3.05) is 7.11 Å². The molecule has 23 heavy (non-hydrogen) atoms. The summed E-state index contributed by atoms with van der Waals surface area (Å²) in [5.74, 6) is 0.350. The molecule has 134 valence electrons. The normalized spacial score (nSPS) is 15.0. The number of carbonyl (C=O) groups excluding carboxylic acids is 1. The predicted octanol–water partition coefficient (Wildman–Crippen LogP) is 5.45. The second-order valence-electron chi connectivity index (χ2n) is 8.02. The Morgan fingerprint density at radius 3 is 2.30 bits per heavy atom. The van der Waals surface area contributed by atoms with E-state index < -0.39 is 5.60 Å². The van der Waals surface area contributed by atoms with E-state index in [-0.39, 0.29) is 11.6 Å². The molecule has 0 aliphatic rings. The van der Waals surface area contributed by atoms with Gasteiger partial charge in [-0.3, -0.25) is 0 Å². The van der Waals surface area contributed by atoms with Crippen molar-refractivity contribution in [1.29, 1.82) is 0 Å². The first-order valence-corrected chi connectivity index (χ1v) is 8.58. The largest absolute Gasteiger partial charge is 0.457 e. The minimum absolute atomic E-state index is 0.0255. The molecule has 0 N–H and O–H groups in total. The summed E-state index contributed by atoms with van der Waals surface area (Å²) in [6.07, 6.45) is 10.1. The number of carbonyl (C=O) groups is 1. The molecule has 0 heterocycles. The molecule has 0 aliphatic carbocycles. The van der Waals surface area contributed by atoms with Crippen LogP contribution in [-0.4, -0.2) is 24.3 Å². The topological polar surface area (TPSA) is 35.5 Å². The van der Waals surface area contributed by atoms with E-state index >= 15 is 0 Å². The highest BCUT2D eigenvalue weighted by Crippen LogP contribution is 2.20. The van der Waals surface area contributed by atoms with Crippen LogP contribution in [0.2, 0.25) is 0 Å². The van der Waals surface area contributed by atoms with Crippen LogP contribution in [0.3, 0.4) is 0 Å². The maximum absolute atomic E-state index is 11.7. The first-order chi connectivity index (χ1) is 10.4. The molecule has 0 aromatic heterocycles. The van der Waals surface area contributed by atoms with Gasteiger partial charge in [0.15, 0.2) is 0 Å². The number of hydrogen-bond acceptors (Lipinski definition) is 3. The lowest BCUT2D eigenvalue weighted by Gasteiger charge is -2.23. The van der Waals surface area contributed by atoms with E-state index in [1.807, 2.05) is 33.8 Å². The Hall–Kier alpha value is -1.09. The summed E-state index contributed by atoms with van der Waals surface area (Å²) >= 11 is 0. The van der Waals surface area contributed by atoms with Gasteiger partial charge in [-0.2, -0.15) is 0 Å². The number of ether oxygens (including phenoxy) is 2. The zero-order valence-electron chi connectivity index (χ0n) is 16.4. The van der Waals surface area contributed by atoms with Gasteiger partial charge in [0, 0.05) is 13.2 Å². The average Bonchev–Trinajstić information content (AvgIpc) is 2.35. The SMILES string of the molecule is COC(C)(C)CCCC(C)C/C=C/C(C)=C/C(=O)OC(C)(C)C. The molecular weight excluding hydrogens is 288 g/mol. The lowest BCUT2D eigenvalue weighted by molar-refractivity contribution is -0.148. The Morgan fingerprint density at radius 1 is 1.17 bits per heavy atom. The highest BCUT2D eigenvalue weighted by Gasteiger charge is 2.16. The average molecular weight is 325 g/mol. The Morgan fingerprint density at radius 2 is 1.78 bits per heavy atom. The zero-order chi connectivity index (χ0) is 18.1. The summed E-state index contributed by atoms with van der Waals surface area (Å²) < 4.78 is 10.7. The predicted molar refractivity (Wildman–Crippen MR) is 97.5 cm³/mol. The van der Waals surface area contributed by atoms with Crippen molar-refractivity contribution in [3.05, 3.63) is 23.8 Å². The maximum atomic E-state index is 11.7. The quantitative estimate of drug-likeness (QED) is 0.321. The highest BCUT2D eigenvalue weighted by molar-refractivity contribution is 5.83. The molecule has 0 radical (unpaired) electrons. The summed E-state index contributed by atoms with van der Waals surface area (Å²) in [4.78, 5) is 11.7. The van der Waals surface area contributed by atoms with Gasteiger partial charge in [0.25, 0.3) is 0 Å². The smallest absolute Gasteiger partial charge is 0.331 e. The molecule has 0 rings (SSSR count). The summed E-state index contributed by atoms with van der Waals surface area (Å²) in [5, 5.41) is 0.